The van der Waals surface area contributed by atoms with Crippen molar-refractivity contribution in [2.45, 2.75) is 18.9 Å². The van der Waals surface area contributed by atoms with Gasteiger partial charge >= 0.3 is 12.0 Å². The predicted octanol–water partition coefficient (Wildman–Crippen LogP) is 1.97. The number of aliphatic carboxylic acids is 1. The SMILES string of the molecule is COCCCC(NC(=O)Nc1cc(F)ccc1F)C(=O)O. The second kappa shape index (κ2) is 8.15. The maximum absolute atomic E-state index is 13.3. The van der Waals surface area contributed by atoms with Gasteiger partial charge in [0.15, 0.2) is 0 Å². The van der Waals surface area contributed by atoms with Crippen molar-refractivity contribution in [3.05, 3.63) is 29.8 Å². The van der Waals surface area contributed by atoms with Gasteiger partial charge in [-0.15, -0.1) is 0 Å². The Kier molecular flexibility index (Phi) is 6.54. The van der Waals surface area contributed by atoms with Crippen LogP contribution in [0.15, 0.2) is 18.2 Å². The zero-order chi connectivity index (χ0) is 15.8. The first kappa shape index (κ1) is 16.8. The second-order valence-corrected chi connectivity index (χ2v) is 4.25. The van der Waals surface area contributed by atoms with Crippen LogP contribution in [0.3, 0.4) is 0 Å². The van der Waals surface area contributed by atoms with E-state index in [0.29, 0.717) is 13.0 Å². The van der Waals surface area contributed by atoms with Crippen molar-refractivity contribution in [2.24, 2.45) is 0 Å². The molecule has 0 heterocycles. The van der Waals surface area contributed by atoms with Crippen molar-refractivity contribution >= 4 is 17.7 Å². The maximum atomic E-state index is 13.3. The zero-order valence-corrected chi connectivity index (χ0v) is 11.4. The van der Waals surface area contributed by atoms with Gasteiger partial charge in [0.25, 0.3) is 0 Å². The number of urea groups is 1. The minimum atomic E-state index is -1.22. The van der Waals surface area contributed by atoms with Crippen molar-refractivity contribution in [1.29, 1.82) is 0 Å². The molecule has 0 aliphatic carbocycles. The normalized spacial score (nSPS) is 11.8. The molecule has 2 amide bonds. The number of hydrogen-bond acceptors (Lipinski definition) is 3. The molecule has 0 aliphatic rings. The fraction of sp³-hybridized carbons (Fsp3) is 0.385. The van der Waals surface area contributed by atoms with Gasteiger partial charge in [-0.1, -0.05) is 0 Å². The van der Waals surface area contributed by atoms with E-state index in [0.717, 1.165) is 18.2 Å². The Morgan fingerprint density at radius 1 is 1.38 bits per heavy atom. The van der Waals surface area contributed by atoms with Gasteiger partial charge in [-0.2, -0.15) is 0 Å². The van der Waals surface area contributed by atoms with Crippen LogP contribution in [0.5, 0.6) is 0 Å². The number of anilines is 1. The Bertz CT molecular complexity index is 511. The van der Waals surface area contributed by atoms with Crippen molar-refractivity contribution in [3.63, 3.8) is 0 Å². The molecule has 0 fully saturated rings. The highest BCUT2D eigenvalue weighted by Gasteiger charge is 2.20. The first-order valence-corrected chi connectivity index (χ1v) is 6.18. The molecule has 3 N–H and O–H groups in total. The second-order valence-electron chi connectivity index (χ2n) is 4.25. The van der Waals surface area contributed by atoms with Gasteiger partial charge in [0.2, 0.25) is 0 Å². The number of carboxylic acids is 1. The summed E-state index contributed by atoms with van der Waals surface area (Å²) in [6.07, 6.45) is 0.588. The van der Waals surface area contributed by atoms with Gasteiger partial charge in [-0.3, -0.25) is 0 Å². The first-order chi connectivity index (χ1) is 9.93. The van der Waals surface area contributed by atoms with Crippen molar-refractivity contribution in [1.82, 2.24) is 5.32 Å². The zero-order valence-electron chi connectivity index (χ0n) is 11.4. The van der Waals surface area contributed by atoms with Crippen LogP contribution < -0.4 is 10.6 Å². The van der Waals surface area contributed by atoms with Crippen LogP contribution in [0.2, 0.25) is 0 Å². The van der Waals surface area contributed by atoms with E-state index in [1.54, 1.807) is 0 Å². The van der Waals surface area contributed by atoms with Gasteiger partial charge in [-0.05, 0) is 25.0 Å². The summed E-state index contributed by atoms with van der Waals surface area (Å²) in [5.74, 6) is -2.76. The third kappa shape index (κ3) is 5.74. The number of rotatable bonds is 7. The molecular weight excluding hydrogens is 286 g/mol. The minimum Gasteiger partial charge on any atom is -0.480 e. The van der Waals surface area contributed by atoms with Crippen molar-refractivity contribution in [3.8, 4) is 0 Å². The van der Waals surface area contributed by atoms with Crippen molar-refractivity contribution < 1.29 is 28.2 Å². The molecule has 0 saturated carbocycles. The number of nitrogens with one attached hydrogen (secondary N) is 2. The molecule has 0 saturated heterocycles. The minimum absolute atomic E-state index is 0.155. The van der Waals surface area contributed by atoms with Crippen LogP contribution in [0.25, 0.3) is 0 Å². The molecule has 0 spiro atoms. The number of ether oxygens (including phenoxy) is 1. The molecule has 0 aromatic heterocycles. The molecule has 1 rings (SSSR count). The molecule has 6 nitrogen and oxygen atoms in total. The van der Waals surface area contributed by atoms with Gasteiger partial charge < -0.3 is 20.5 Å². The lowest BCUT2D eigenvalue weighted by atomic mass is 10.1. The van der Waals surface area contributed by atoms with Gasteiger partial charge in [0.1, 0.15) is 17.7 Å². The van der Waals surface area contributed by atoms with E-state index in [9.17, 15) is 18.4 Å². The first-order valence-electron chi connectivity index (χ1n) is 6.18. The van der Waals surface area contributed by atoms with Crippen LogP contribution in [0.4, 0.5) is 19.3 Å². The molecule has 1 aromatic rings. The van der Waals surface area contributed by atoms with E-state index in [4.69, 9.17) is 9.84 Å². The average molecular weight is 302 g/mol. The third-order valence-corrected chi connectivity index (χ3v) is 2.62. The summed E-state index contributed by atoms with van der Waals surface area (Å²) in [5.41, 5.74) is -0.367. The van der Waals surface area contributed by atoms with Crippen LogP contribution in [-0.2, 0) is 9.53 Å². The van der Waals surface area contributed by atoms with E-state index in [1.165, 1.54) is 7.11 Å². The lowest BCUT2D eigenvalue weighted by molar-refractivity contribution is -0.139. The lowest BCUT2D eigenvalue weighted by Crippen LogP contribution is -2.43. The number of carbonyl (C=O) groups is 2. The highest BCUT2D eigenvalue weighted by molar-refractivity contribution is 5.92. The average Bonchev–Trinajstić information content (AvgIpc) is 2.42. The molecular formula is C13H16F2N2O4. The van der Waals surface area contributed by atoms with E-state index >= 15 is 0 Å². The van der Waals surface area contributed by atoms with E-state index in [1.807, 2.05) is 0 Å². The lowest BCUT2D eigenvalue weighted by Gasteiger charge is -2.15. The molecule has 1 atom stereocenters. The number of carboxylic acid groups (broad SMARTS) is 1. The quantitative estimate of drug-likeness (QED) is 0.672. The van der Waals surface area contributed by atoms with E-state index in [-0.39, 0.29) is 12.1 Å². The molecule has 0 aliphatic heterocycles. The number of carbonyl (C=O) groups excluding carboxylic acids is 1. The summed E-state index contributed by atoms with van der Waals surface area (Å²) < 4.78 is 31.1. The third-order valence-electron chi connectivity index (χ3n) is 2.62. The Labute approximate surface area is 120 Å². The number of halogens is 2. The molecule has 0 radical (unpaired) electrons. The number of methoxy groups -OCH3 is 1. The molecule has 1 aromatic carbocycles. The smallest absolute Gasteiger partial charge is 0.326 e. The monoisotopic (exact) mass is 302 g/mol. The highest BCUT2D eigenvalue weighted by atomic mass is 19.1. The summed E-state index contributed by atoms with van der Waals surface area (Å²) in [6.45, 7) is 0.353. The number of amides is 2. The van der Waals surface area contributed by atoms with Gasteiger partial charge in [-0.25, -0.2) is 18.4 Å². The van der Waals surface area contributed by atoms with Crippen molar-refractivity contribution in [2.75, 3.05) is 19.0 Å². The summed E-state index contributed by atoms with van der Waals surface area (Å²) in [5, 5.41) is 13.2. The van der Waals surface area contributed by atoms with Crippen LogP contribution >= 0.6 is 0 Å². The predicted molar refractivity (Wildman–Crippen MR) is 71.0 cm³/mol. The standard InChI is InChI=1S/C13H16F2N2O4/c1-21-6-2-3-10(12(18)19)16-13(20)17-11-7-8(14)4-5-9(11)15/h4-5,7,10H,2-3,6H2,1H3,(H,18,19)(H2,16,17,20). The maximum Gasteiger partial charge on any atom is 0.326 e. The number of benzene rings is 1. The summed E-state index contributed by atoms with van der Waals surface area (Å²) in [6, 6.07) is 0.498. The van der Waals surface area contributed by atoms with Crippen LogP contribution in [-0.4, -0.2) is 36.9 Å². The van der Waals surface area contributed by atoms with Gasteiger partial charge in [0, 0.05) is 19.8 Å². The van der Waals surface area contributed by atoms with Crippen LogP contribution in [0, 0.1) is 11.6 Å². The molecule has 21 heavy (non-hydrogen) atoms. The van der Waals surface area contributed by atoms with E-state index < -0.39 is 29.7 Å². The number of hydrogen-bond donors (Lipinski definition) is 3. The molecule has 116 valence electrons. The Balaban J connectivity index is 2.61. The highest BCUT2D eigenvalue weighted by Crippen LogP contribution is 2.15. The summed E-state index contributed by atoms with van der Waals surface area (Å²) in [4.78, 5) is 22.6. The Hall–Kier alpha value is -2.22. The van der Waals surface area contributed by atoms with Crippen LogP contribution in [0.1, 0.15) is 12.8 Å². The van der Waals surface area contributed by atoms with E-state index in [2.05, 4.69) is 10.6 Å². The largest absolute Gasteiger partial charge is 0.480 e. The Morgan fingerprint density at radius 3 is 2.71 bits per heavy atom. The topological polar surface area (TPSA) is 87.7 Å². The molecule has 8 heteroatoms. The Morgan fingerprint density at radius 2 is 2.10 bits per heavy atom. The molecule has 1 unspecified atom stereocenters. The fourth-order valence-corrected chi connectivity index (χ4v) is 1.60. The van der Waals surface area contributed by atoms with Gasteiger partial charge in [0.05, 0.1) is 5.69 Å². The molecule has 0 bridgehead atoms. The summed E-state index contributed by atoms with van der Waals surface area (Å²) >= 11 is 0. The summed E-state index contributed by atoms with van der Waals surface area (Å²) in [7, 11) is 1.47. The fourth-order valence-electron chi connectivity index (χ4n) is 1.60.